The van der Waals surface area contributed by atoms with E-state index in [4.69, 9.17) is 5.84 Å². The van der Waals surface area contributed by atoms with Crippen molar-refractivity contribution >= 4 is 11.6 Å². The van der Waals surface area contributed by atoms with Crippen LogP contribution in [0.1, 0.15) is 36.3 Å². The molecule has 1 amide bonds. The number of rotatable bonds is 7. The van der Waals surface area contributed by atoms with Crippen molar-refractivity contribution in [3.8, 4) is 0 Å². The lowest BCUT2D eigenvalue weighted by atomic mass is 10.2. The number of nitrogen functional groups attached to an aromatic ring is 1. The molecule has 0 spiro atoms. The van der Waals surface area contributed by atoms with Gasteiger partial charge in [0, 0.05) is 31.0 Å². The van der Waals surface area contributed by atoms with Gasteiger partial charge in [-0.3, -0.25) is 15.6 Å². The van der Waals surface area contributed by atoms with Crippen LogP contribution in [-0.2, 0) is 0 Å². The van der Waals surface area contributed by atoms with Crippen LogP contribution in [0.3, 0.4) is 0 Å². The Morgan fingerprint density at radius 2 is 2.25 bits per heavy atom. The molecule has 0 bridgehead atoms. The van der Waals surface area contributed by atoms with Crippen LogP contribution in [0.5, 0.6) is 0 Å². The summed E-state index contributed by atoms with van der Waals surface area (Å²) in [6.45, 7) is 7.58. The van der Waals surface area contributed by atoms with Crippen molar-refractivity contribution in [3.63, 3.8) is 0 Å². The molecular weight excluding hydrogens is 254 g/mol. The van der Waals surface area contributed by atoms with Crippen molar-refractivity contribution < 1.29 is 4.79 Å². The zero-order valence-electron chi connectivity index (χ0n) is 12.7. The minimum absolute atomic E-state index is 0.164. The lowest BCUT2D eigenvalue weighted by molar-refractivity contribution is 0.0948. The summed E-state index contributed by atoms with van der Waals surface area (Å²) in [5.41, 5.74) is 4.39. The summed E-state index contributed by atoms with van der Waals surface area (Å²) in [4.78, 5) is 18.4. The number of aromatic nitrogens is 1. The Balaban J connectivity index is 2.55. The van der Waals surface area contributed by atoms with Gasteiger partial charge in [-0.1, -0.05) is 6.92 Å². The summed E-state index contributed by atoms with van der Waals surface area (Å²) in [6.07, 6.45) is 2.63. The monoisotopic (exact) mass is 279 g/mol. The van der Waals surface area contributed by atoms with E-state index < -0.39 is 0 Å². The smallest absolute Gasteiger partial charge is 0.255 e. The summed E-state index contributed by atoms with van der Waals surface area (Å²) < 4.78 is 0. The number of carbonyl (C=O) groups excluding carboxylic acids is 1. The second-order valence-electron chi connectivity index (χ2n) is 5.01. The lowest BCUT2D eigenvalue weighted by Crippen LogP contribution is -2.37. The van der Waals surface area contributed by atoms with Gasteiger partial charge in [-0.15, -0.1) is 0 Å². The molecule has 1 unspecified atom stereocenters. The highest BCUT2D eigenvalue weighted by Crippen LogP contribution is 2.13. The first kappa shape index (κ1) is 16.4. The number of aryl methyl sites for hydroxylation is 1. The topological polar surface area (TPSA) is 83.3 Å². The highest BCUT2D eigenvalue weighted by atomic mass is 16.1. The number of nitrogens with one attached hydrogen (secondary N) is 2. The molecule has 0 aliphatic heterocycles. The third kappa shape index (κ3) is 4.47. The van der Waals surface area contributed by atoms with Crippen molar-refractivity contribution in [1.82, 2.24) is 15.2 Å². The fraction of sp³-hybridized carbons (Fsp3) is 0.571. The van der Waals surface area contributed by atoms with Crippen LogP contribution in [0.2, 0.25) is 0 Å². The molecule has 6 heteroatoms. The number of hydrazine groups is 1. The zero-order valence-corrected chi connectivity index (χ0v) is 12.7. The van der Waals surface area contributed by atoms with Crippen molar-refractivity contribution in [2.75, 3.05) is 25.6 Å². The highest BCUT2D eigenvalue weighted by molar-refractivity contribution is 5.99. The molecule has 1 aromatic rings. The molecule has 6 nitrogen and oxygen atoms in total. The Kier molecular flexibility index (Phi) is 6.41. The summed E-state index contributed by atoms with van der Waals surface area (Å²) in [7, 11) is 2.06. The normalized spacial score (nSPS) is 12.3. The molecule has 4 N–H and O–H groups in total. The summed E-state index contributed by atoms with van der Waals surface area (Å²) in [5, 5.41) is 2.89. The quantitative estimate of drug-likeness (QED) is 0.515. The molecule has 1 rings (SSSR count). The van der Waals surface area contributed by atoms with E-state index >= 15 is 0 Å². The van der Waals surface area contributed by atoms with Crippen LogP contribution in [0.25, 0.3) is 0 Å². The molecule has 1 heterocycles. The summed E-state index contributed by atoms with van der Waals surface area (Å²) in [5.74, 6) is 5.26. The largest absolute Gasteiger partial charge is 0.351 e. The standard InChI is InChI=1S/C14H25N5O/c1-5-11(3)19(4)7-6-16-14(20)12-9-17-10(2)8-13(12)18-15/h8-9,11H,5-7,15H2,1-4H3,(H,16,20)(H,17,18). The Hall–Kier alpha value is -1.66. The van der Waals surface area contributed by atoms with Gasteiger partial charge in [-0.25, -0.2) is 0 Å². The van der Waals surface area contributed by atoms with Gasteiger partial charge in [0.25, 0.3) is 5.91 Å². The minimum atomic E-state index is -0.164. The number of nitrogens with two attached hydrogens (primary N) is 1. The van der Waals surface area contributed by atoms with Gasteiger partial charge in [-0.2, -0.15) is 0 Å². The fourth-order valence-corrected chi connectivity index (χ4v) is 1.83. The zero-order chi connectivity index (χ0) is 15.1. The number of likely N-dealkylation sites (N-methyl/N-ethyl adjacent to an activating group) is 1. The number of hydrogen-bond acceptors (Lipinski definition) is 5. The molecule has 112 valence electrons. The molecule has 0 fully saturated rings. The SMILES string of the molecule is CCC(C)N(C)CCNC(=O)c1cnc(C)cc1NN. The van der Waals surface area contributed by atoms with E-state index in [1.165, 1.54) is 6.20 Å². The number of carbonyl (C=O) groups is 1. The molecule has 0 saturated heterocycles. The highest BCUT2D eigenvalue weighted by Gasteiger charge is 2.12. The Morgan fingerprint density at radius 1 is 1.55 bits per heavy atom. The average Bonchev–Trinajstić information content (AvgIpc) is 2.45. The first-order valence-corrected chi connectivity index (χ1v) is 6.91. The van der Waals surface area contributed by atoms with E-state index in [0.29, 0.717) is 23.8 Å². The second-order valence-corrected chi connectivity index (χ2v) is 5.01. The van der Waals surface area contributed by atoms with Crippen LogP contribution in [0.15, 0.2) is 12.3 Å². The molecule has 1 atom stereocenters. The Labute approximate surface area is 120 Å². The Morgan fingerprint density at radius 3 is 2.85 bits per heavy atom. The van der Waals surface area contributed by atoms with Gasteiger partial charge in [0.1, 0.15) is 0 Å². The van der Waals surface area contributed by atoms with E-state index in [9.17, 15) is 4.79 Å². The molecule has 1 aromatic heterocycles. The van der Waals surface area contributed by atoms with Crippen LogP contribution in [0.4, 0.5) is 5.69 Å². The molecule has 0 aliphatic rings. The van der Waals surface area contributed by atoms with E-state index in [0.717, 1.165) is 18.7 Å². The average molecular weight is 279 g/mol. The number of hydrogen-bond donors (Lipinski definition) is 3. The minimum Gasteiger partial charge on any atom is -0.351 e. The van der Waals surface area contributed by atoms with Gasteiger partial charge < -0.3 is 15.6 Å². The van der Waals surface area contributed by atoms with Gasteiger partial charge >= 0.3 is 0 Å². The van der Waals surface area contributed by atoms with Gasteiger partial charge in [0.2, 0.25) is 0 Å². The Bertz CT molecular complexity index is 449. The number of anilines is 1. The van der Waals surface area contributed by atoms with Gasteiger partial charge in [0.15, 0.2) is 0 Å². The molecular formula is C14H25N5O. The fourth-order valence-electron chi connectivity index (χ4n) is 1.83. The maximum atomic E-state index is 12.1. The summed E-state index contributed by atoms with van der Waals surface area (Å²) in [6, 6.07) is 2.26. The predicted molar refractivity (Wildman–Crippen MR) is 81.5 cm³/mol. The summed E-state index contributed by atoms with van der Waals surface area (Å²) >= 11 is 0. The molecule has 20 heavy (non-hydrogen) atoms. The maximum absolute atomic E-state index is 12.1. The van der Waals surface area contributed by atoms with E-state index in [1.807, 2.05) is 6.92 Å². The van der Waals surface area contributed by atoms with Crippen LogP contribution in [0, 0.1) is 6.92 Å². The lowest BCUT2D eigenvalue weighted by Gasteiger charge is -2.23. The number of nitrogens with zero attached hydrogens (tertiary/aromatic N) is 2. The van der Waals surface area contributed by atoms with Crippen molar-refractivity contribution in [2.45, 2.75) is 33.2 Å². The van der Waals surface area contributed by atoms with Crippen molar-refractivity contribution in [2.24, 2.45) is 5.84 Å². The first-order chi connectivity index (χ1) is 9.49. The third-order valence-corrected chi connectivity index (χ3v) is 3.53. The first-order valence-electron chi connectivity index (χ1n) is 6.91. The molecule has 0 aromatic carbocycles. The molecule has 0 aliphatic carbocycles. The van der Waals surface area contributed by atoms with E-state index in [2.05, 4.69) is 41.5 Å². The second kappa shape index (κ2) is 7.81. The predicted octanol–water partition coefficient (Wildman–Crippen LogP) is 1.14. The van der Waals surface area contributed by atoms with Gasteiger partial charge in [-0.05, 0) is 33.4 Å². The third-order valence-electron chi connectivity index (χ3n) is 3.53. The van der Waals surface area contributed by atoms with Crippen LogP contribution < -0.4 is 16.6 Å². The van der Waals surface area contributed by atoms with Crippen molar-refractivity contribution in [1.29, 1.82) is 0 Å². The molecule has 0 radical (unpaired) electrons. The van der Waals surface area contributed by atoms with Crippen LogP contribution >= 0.6 is 0 Å². The van der Waals surface area contributed by atoms with Crippen LogP contribution in [-0.4, -0.2) is 42.0 Å². The maximum Gasteiger partial charge on any atom is 0.255 e. The van der Waals surface area contributed by atoms with Crippen molar-refractivity contribution in [3.05, 3.63) is 23.5 Å². The number of pyridine rings is 1. The van der Waals surface area contributed by atoms with Gasteiger partial charge in [0.05, 0.1) is 11.3 Å². The molecule has 0 saturated carbocycles. The van der Waals surface area contributed by atoms with E-state index in [1.54, 1.807) is 6.07 Å². The van der Waals surface area contributed by atoms with E-state index in [-0.39, 0.29) is 5.91 Å². The number of amides is 1.